The zero-order valence-electron chi connectivity index (χ0n) is 16.1. The second kappa shape index (κ2) is 9.47. The number of nitrogens with one attached hydrogen (secondary N) is 2. The monoisotopic (exact) mass is 377 g/mol. The summed E-state index contributed by atoms with van der Waals surface area (Å²) in [6.45, 7) is 7.82. The number of hydrogen-bond donors (Lipinski definition) is 2. The van der Waals surface area contributed by atoms with Crippen LogP contribution in [0, 0.1) is 0 Å². The van der Waals surface area contributed by atoms with Crippen molar-refractivity contribution < 1.29 is 0 Å². The summed E-state index contributed by atoms with van der Waals surface area (Å²) in [6, 6.07) is 6.75. The first-order valence-electron chi connectivity index (χ1n) is 9.93. The van der Waals surface area contributed by atoms with Crippen molar-refractivity contribution in [1.82, 2.24) is 15.5 Å². The number of rotatable bonds is 5. The third-order valence-corrected chi connectivity index (χ3v) is 5.73. The number of piperazine rings is 1. The van der Waals surface area contributed by atoms with Crippen molar-refractivity contribution in [3.63, 3.8) is 0 Å². The molecule has 1 aliphatic heterocycles. The number of aliphatic imine (C=N–C) groups is 1. The smallest absolute Gasteiger partial charge is 0.191 e. The molecule has 5 nitrogen and oxygen atoms in total. The van der Waals surface area contributed by atoms with Crippen molar-refractivity contribution in [3.8, 4) is 0 Å². The molecule has 1 saturated heterocycles. The van der Waals surface area contributed by atoms with Crippen molar-refractivity contribution in [2.24, 2.45) is 4.99 Å². The number of anilines is 1. The Morgan fingerprint density at radius 3 is 2.62 bits per heavy atom. The average Bonchev–Trinajstić information content (AvgIpc) is 3.14. The summed E-state index contributed by atoms with van der Waals surface area (Å²) in [5.41, 5.74) is 2.36. The zero-order chi connectivity index (χ0) is 18.4. The number of guanidine groups is 1. The molecular weight excluding hydrogens is 346 g/mol. The van der Waals surface area contributed by atoms with Gasteiger partial charge in [-0.05, 0) is 38.9 Å². The highest BCUT2D eigenvalue weighted by molar-refractivity contribution is 6.31. The summed E-state index contributed by atoms with van der Waals surface area (Å²) in [7, 11) is 2.18. The zero-order valence-corrected chi connectivity index (χ0v) is 16.9. The van der Waals surface area contributed by atoms with Crippen LogP contribution in [0.3, 0.4) is 0 Å². The summed E-state index contributed by atoms with van der Waals surface area (Å²) in [5.74, 6) is 0.906. The fourth-order valence-corrected chi connectivity index (χ4v) is 4.02. The maximum absolute atomic E-state index is 6.56. The molecule has 26 heavy (non-hydrogen) atoms. The molecule has 144 valence electrons. The van der Waals surface area contributed by atoms with Crippen LogP contribution in [0.25, 0.3) is 0 Å². The lowest BCUT2D eigenvalue weighted by atomic mass is 10.1. The Hall–Kier alpha value is -1.46. The van der Waals surface area contributed by atoms with E-state index in [1.165, 1.54) is 31.4 Å². The summed E-state index contributed by atoms with van der Waals surface area (Å²) >= 11 is 6.56. The van der Waals surface area contributed by atoms with E-state index in [1.54, 1.807) is 0 Å². The largest absolute Gasteiger partial charge is 0.369 e. The topological polar surface area (TPSA) is 42.9 Å². The highest BCUT2D eigenvalue weighted by Crippen LogP contribution is 2.29. The lowest BCUT2D eigenvalue weighted by molar-refractivity contribution is 0.312. The van der Waals surface area contributed by atoms with Crippen LogP contribution in [0.15, 0.2) is 23.2 Å². The van der Waals surface area contributed by atoms with Gasteiger partial charge in [0.15, 0.2) is 5.96 Å². The number of halogens is 1. The van der Waals surface area contributed by atoms with E-state index in [0.29, 0.717) is 12.6 Å². The van der Waals surface area contributed by atoms with Gasteiger partial charge in [-0.25, -0.2) is 4.99 Å². The molecule has 1 aliphatic carbocycles. The van der Waals surface area contributed by atoms with Crippen LogP contribution in [0.4, 0.5) is 5.69 Å². The van der Waals surface area contributed by atoms with E-state index in [0.717, 1.165) is 49.3 Å². The lowest BCUT2D eigenvalue weighted by Crippen LogP contribution is -2.45. The fraction of sp³-hybridized carbons (Fsp3) is 0.650. The Morgan fingerprint density at radius 1 is 1.19 bits per heavy atom. The first-order chi connectivity index (χ1) is 12.7. The van der Waals surface area contributed by atoms with Crippen molar-refractivity contribution in [2.45, 2.75) is 45.2 Å². The first kappa shape index (κ1) is 19.3. The predicted octanol–water partition coefficient (Wildman–Crippen LogP) is 3.09. The highest BCUT2D eigenvalue weighted by Gasteiger charge is 2.19. The third-order valence-electron chi connectivity index (χ3n) is 5.37. The van der Waals surface area contributed by atoms with E-state index >= 15 is 0 Å². The van der Waals surface area contributed by atoms with Gasteiger partial charge in [-0.2, -0.15) is 0 Å². The Bertz CT molecular complexity index is 604. The van der Waals surface area contributed by atoms with Gasteiger partial charge >= 0.3 is 0 Å². The maximum atomic E-state index is 6.56. The maximum Gasteiger partial charge on any atom is 0.191 e. The molecule has 0 unspecified atom stereocenters. The average molecular weight is 378 g/mol. The van der Waals surface area contributed by atoms with Crippen LogP contribution >= 0.6 is 11.6 Å². The molecule has 0 spiro atoms. The Morgan fingerprint density at radius 2 is 1.92 bits per heavy atom. The van der Waals surface area contributed by atoms with Crippen LogP contribution < -0.4 is 15.5 Å². The Balaban J connectivity index is 1.74. The minimum atomic E-state index is 0.552. The molecule has 2 aliphatic rings. The standard InChI is InChI=1S/C20H32ClN5/c1-3-22-20(24-16-7-4-5-8-16)23-15-17-18(21)9-6-10-19(17)26-13-11-25(2)12-14-26/h6,9-10,16H,3-5,7-8,11-15H2,1-2H3,(H2,22,23,24). The molecule has 2 fully saturated rings. The second-order valence-electron chi connectivity index (χ2n) is 7.35. The number of nitrogens with zero attached hydrogens (tertiary/aromatic N) is 3. The minimum Gasteiger partial charge on any atom is -0.369 e. The third kappa shape index (κ3) is 5.04. The van der Waals surface area contributed by atoms with Gasteiger partial charge in [-0.3, -0.25) is 0 Å². The Labute approximate surface area is 162 Å². The molecule has 3 rings (SSSR count). The molecule has 2 N–H and O–H groups in total. The van der Waals surface area contributed by atoms with Gasteiger partial charge in [-0.15, -0.1) is 0 Å². The molecule has 0 radical (unpaired) electrons. The molecule has 1 aromatic carbocycles. The van der Waals surface area contributed by atoms with E-state index in [9.17, 15) is 0 Å². The van der Waals surface area contributed by atoms with E-state index in [1.807, 2.05) is 12.1 Å². The quantitative estimate of drug-likeness (QED) is 0.611. The van der Waals surface area contributed by atoms with Crippen LogP contribution in [0.2, 0.25) is 5.02 Å². The molecule has 0 aromatic heterocycles. The van der Waals surface area contributed by atoms with Gasteiger partial charge in [0.25, 0.3) is 0 Å². The SMILES string of the molecule is CCNC(=NCc1c(Cl)cccc1N1CCN(C)CC1)NC1CCCC1. The molecular formula is C20H32ClN5. The van der Waals surface area contributed by atoms with Crippen LogP contribution in [-0.2, 0) is 6.54 Å². The molecule has 1 saturated carbocycles. The summed E-state index contributed by atoms with van der Waals surface area (Å²) in [5, 5.41) is 7.77. The van der Waals surface area contributed by atoms with Gasteiger partial charge in [0.1, 0.15) is 0 Å². The van der Waals surface area contributed by atoms with Gasteiger partial charge in [-0.1, -0.05) is 30.5 Å². The van der Waals surface area contributed by atoms with Crippen LogP contribution in [-0.4, -0.2) is 56.7 Å². The number of hydrogen-bond acceptors (Lipinski definition) is 3. The summed E-state index contributed by atoms with van der Waals surface area (Å²) in [4.78, 5) is 9.66. The highest BCUT2D eigenvalue weighted by atomic mass is 35.5. The van der Waals surface area contributed by atoms with E-state index in [4.69, 9.17) is 16.6 Å². The number of likely N-dealkylation sites (N-methyl/N-ethyl adjacent to an activating group) is 1. The molecule has 0 atom stereocenters. The molecule has 0 bridgehead atoms. The van der Waals surface area contributed by atoms with Crippen molar-refractivity contribution in [1.29, 1.82) is 0 Å². The first-order valence-corrected chi connectivity index (χ1v) is 10.3. The Kier molecular flexibility index (Phi) is 7.03. The van der Waals surface area contributed by atoms with Gasteiger partial charge < -0.3 is 20.4 Å². The minimum absolute atomic E-state index is 0.552. The lowest BCUT2D eigenvalue weighted by Gasteiger charge is -2.35. The molecule has 1 aromatic rings. The molecule has 0 amide bonds. The van der Waals surface area contributed by atoms with Crippen molar-refractivity contribution in [2.75, 3.05) is 44.7 Å². The van der Waals surface area contributed by atoms with E-state index in [2.05, 4.69) is 40.5 Å². The summed E-state index contributed by atoms with van der Waals surface area (Å²) in [6.07, 6.45) is 5.11. The van der Waals surface area contributed by atoms with Gasteiger partial charge in [0.05, 0.1) is 6.54 Å². The van der Waals surface area contributed by atoms with Crippen LogP contribution in [0.5, 0.6) is 0 Å². The van der Waals surface area contributed by atoms with Crippen LogP contribution in [0.1, 0.15) is 38.2 Å². The van der Waals surface area contributed by atoms with E-state index in [-0.39, 0.29) is 0 Å². The molecule has 6 heteroatoms. The summed E-state index contributed by atoms with van der Waals surface area (Å²) < 4.78 is 0. The van der Waals surface area contributed by atoms with Gasteiger partial charge in [0.2, 0.25) is 0 Å². The fourth-order valence-electron chi connectivity index (χ4n) is 3.79. The predicted molar refractivity (Wildman–Crippen MR) is 111 cm³/mol. The van der Waals surface area contributed by atoms with E-state index < -0.39 is 0 Å². The van der Waals surface area contributed by atoms with Crippen molar-refractivity contribution >= 4 is 23.2 Å². The number of benzene rings is 1. The van der Waals surface area contributed by atoms with Gasteiger partial charge in [0, 0.05) is 55.0 Å². The second-order valence-corrected chi connectivity index (χ2v) is 7.76. The normalized spacial score (nSPS) is 19.8. The molecule has 1 heterocycles. The van der Waals surface area contributed by atoms with Crippen molar-refractivity contribution in [3.05, 3.63) is 28.8 Å².